The van der Waals surface area contributed by atoms with Crippen LogP contribution in [0.15, 0.2) is 36.7 Å². The van der Waals surface area contributed by atoms with Gasteiger partial charge in [-0.1, -0.05) is 17.9 Å². The quantitative estimate of drug-likeness (QED) is 0.847. The number of benzene rings is 1. The fourth-order valence-electron chi connectivity index (χ4n) is 1.70. The molecular formula is C16H18N2O2. The van der Waals surface area contributed by atoms with Gasteiger partial charge in [0.25, 0.3) is 0 Å². The van der Waals surface area contributed by atoms with Crippen molar-refractivity contribution in [3.8, 4) is 17.6 Å². The molecule has 0 atom stereocenters. The van der Waals surface area contributed by atoms with E-state index in [0.29, 0.717) is 13.0 Å². The lowest BCUT2D eigenvalue weighted by Gasteiger charge is -2.04. The van der Waals surface area contributed by atoms with Gasteiger partial charge in [-0.05, 0) is 25.1 Å². The minimum absolute atomic E-state index is 0.0879. The first-order chi connectivity index (χ1) is 9.81. The molecule has 2 aromatic rings. The minimum Gasteiger partial charge on any atom is -0.489 e. The van der Waals surface area contributed by atoms with E-state index in [1.165, 1.54) is 0 Å². The van der Waals surface area contributed by atoms with Crippen LogP contribution in [0.1, 0.15) is 24.5 Å². The van der Waals surface area contributed by atoms with Crippen molar-refractivity contribution in [1.29, 1.82) is 0 Å². The summed E-state index contributed by atoms with van der Waals surface area (Å²) in [6.07, 6.45) is 4.28. The zero-order valence-corrected chi connectivity index (χ0v) is 11.5. The summed E-state index contributed by atoms with van der Waals surface area (Å²) in [5.41, 5.74) is 1.93. The van der Waals surface area contributed by atoms with Gasteiger partial charge in [-0.25, -0.2) is 0 Å². The largest absolute Gasteiger partial charge is 0.489 e. The maximum atomic E-state index is 8.70. The molecule has 0 aliphatic heterocycles. The van der Waals surface area contributed by atoms with Gasteiger partial charge in [0.2, 0.25) is 0 Å². The van der Waals surface area contributed by atoms with E-state index in [9.17, 15) is 0 Å². The molecule has 0 spiro atoms. The Labute approximate surface area is 119 Å². The molecule has 0 unspecified atom stereocenters. The number of aryl methyl sites for hydroxylation is 1. The van der Waals surface area contributed by atoms with Crippen LogP contribution in [0.4, 0.5) is 0 Å². The van der Waals surface area contributed by atoms with E-state index in [0.717, 1.165) is 23.4 Å². The molecule has 0 fully saturated rings. The number of aliphatic hydroxyl groups excluding tert-OH is 1. The number of hydrogen-bond acceptors (Lipinski definition) is 3. The van der Waals surface area contributed by atoms with Gasteiger partial charge in [0, 0.05) is 30.3 Å². The summed E-state index contributed by atoms with van der Waals surface area (Å²) < 4.78 is 7.60. The molecule has 1 N–H and O–H groups in total. The molecule has 4 nitrogen and oxygen atoms in total. The normalized spacial score (nSPS) is 9.90. The molecule has 0 saturated heterocycles. The number of aromatic nitrogens is 2. The summed E-state index contributed by atoms with van der Waals surface area (Å²) in [6, 6.07) is 7.64. The zero-order chi connectivity index (χ0) is 14.2. The highest BCUT2D eigenvalue weighted by atomic mass is 16.5. The fourth-order valence-corrected chi connectivity index (χ4v) is 1.70. The fraction of sp³-hybridized carbons (Fsp3) is 0.312. The van der Waals surface area contributed by atoms with Gasteiger partial charge in [-0.3, -0.25) is 4.68 Å². The summed E-state index contributed by atoms with van der Waals surface area (Å²) in [5, 5.41) is 12.9. The third-order valence-corrected chi connectivity index (χ3v) is 2.72. The molecule has 2 rings (SSSR count). The molecule has 20 heavy (non-hydrogen) atoms. The highest BCUT2D eigenvalue weighted by molar-refractivity contribution is 5.39. The Morgan fingerprint density at radius 3 is 3.05 bits per heavy atom. The molecular weight excluding hydrogens is 252 g/mol. The maximum Gasteiger partial charge on any atom is 0.121 e. The molecule has 1 aromatic carbocycles. The van der Waals surface area contributed by atoms with Crippen LogP contribution in [0, 0.1) is 11.8 Å². The van der Waals surface area contributed by atoms with Crippen LogP contribution in [-0.2, 0) is 13.2 Å². The van der Waals surface area contributed by atoms with E-state index in [4.69, 9.17) is 9.84 Å². The Bertz CT molecular complexity index is 608. The van der Waals surface area contributed by atoms with Gasteiger partial charge < -0.3 is 9.84 Å². The second-order valence-corrected chi connectivity index (χ2v) is 4.30. The van der Waals surface area contributed by atoms with Crippen molar-refractivity contribution in [2.75, 3.05) is 6.61 Å². The van der Waals surface area contributed by atoms with Gasteiger partial charge in [-0.15, -0.1) is 0 Å². The average molecular weight is 270 g/mol. The minimum atomic E-state index is 0.0879. The summed E-state index contributed by atoms with van der Waals surface area (Å²) in [5.74, 6) is 6.67. The topological polar surface area (TPSA) is 47.3 Å². The predicted octanol–water partition coefficient (Wildman–Crippen LogP) is 2.22. The van der Waals surface area contributed by atoms with Crippen LogP contribution in [-0.4, -0.2) is 21.5 Å². The summed E-state index contributed by atoms with van der Waals surface area (Å²) in [4.78, 5) is 0. The average Bonchev–Trinajstić information content (AvgIpc) is 2.94. The third kappa shape index (κ3) is 4.15. The van der Waals surface area contributed by atoms with Crippen molar-refractivity contribution in [1.82, 2.24) is 9.78 Å². The molecule has 0 amide bonds. The van der Waals surface area contributed by atoms with Crippen LogP contribution >= 0.6 is 0 Å². The van der Waals surface area contributed by atoms with Crippen molar-refractivity contribution >= 4 is 0 Å². The number of hydrogen-bond donors (Lipinski definition) is 1. The van der Waals surface area contributed by atoms with Crippen LogP contribution < -0.4 is 4.74 Å². The Kier molecular flexibility index (Phi) is 5.22. The number of nitrogens with zero attached hydrogens (tertiary/aromatic N) is 2. The van der Waals surface area contributed by atoms with E-state index in [1.54, 1.807) is 0 Å². The molecule has 0 bridgehead atoms. The SMILES string of the molecule is CCn1cc(COc2cccc(C#CCCO)c2)cn1. The molecule has 0 saturated carbocycles. The predicted molar refractivity (Wildman–Crippen MR) is 77.3 cm³/mol. The van der Waals surface area contributed by atoms with E-state index < -0.39 is 0 Å². The van der Waals surface area contributed by atoms with Crippen LogP contribution in [0.5, 0.6) is 5.75 Å². The van der Waals surface area contributed by atoms with Crippen molar-refractivity contribution in [2.45, 2.75) is 26.5 Å². The molecule has 0 aliphatic rings. The van der Waals surface area contributed by atoms with E-state index in [1.807, 2.05) is 48.3 Å². The maximum absolute atomic E-state index is 8.70. The Balaban J connectivity index is 1.96. The smallest absolute Gasteiger partial charge is 0.121 e. The van der Waals surface area contributed by atoms with Crippen molar-refractivity contribution < 1.29 is 9.84 Å². The van der Waals surface area contributed by atoms with Gasteiger partial charge >= 0.3 is 0 Å². The van der Waals surface area contributed by atoms with Crippen LogP contribution in [0.3, 0.4) is 0 Å². The molecule has 4 heteroatoms. The molecule has 0 radical (unpaired) electrons. The zero-order valence-electron chi connectivity index (χ0n) is 11.5. The first-order valence-corrected chi connectivity index (χ1v) is 6.65. The van der Waals surface area contributed by atoms with Crippen LogP contribution in [0.25, 0.3) is 0 Å². The van der Waals surface area contributed by atoms with Gasteiger partial charge in [0.05, 0.1) is 12.8 Å². The lowest BCUT2D eigenvalue weighted by Crippen LogP contribution is -1.95. The van der Waals surface area contributed by atoms with Crippen molar-refractivity contribution in [3.05, 3.63) is 47.8 Å². The van der Waals surface area contributed by atoms with Crippen LogP contribution in [0.2, 0.25) is 0 Å². The van der Waals surface area contributed by atoms with Gasteiger partial charge in [0.15, 0.2) is 0 Å². The molecule has 0 aliphatic carbocycles. The Morgan fingerprint density at radius 1 is 1.40 bits per heavy atom. The summed E-state index contributed by atoms with van der Waals surface area (Å²) >= 11 is 0. The monoisotopic (exact) mass is 270 g/mol. The lowest BCUT2D eigenvalue weighted by molar-refractivity contribution is 0.305. The first kappa shape index (κ1) is 14.2. The second-order valence-electron chi connectivity index (χ2n) is 4.30. The van der Waals surface area contributed by atoms with E-state index in [-0.39, 0.29) is 6.61 Å². The number of ether oxygens (including phenoxy) is 1. The van der Waals surface area contributed by atoms with E-state index >= 15 is 0 Å². The first-order valence-electron chi connectivity index (χ1n) is 6.65. The van der Waals surface area contributed by atoms with Gasteiger partial charge in [-0.2, -0.15) is 5.10 Å². The Morgan fingerprint density at radius 2 is 2.30 bits per heavy atom. The second kappa shape index (κ2) is 7.37. The third-order valence-electron chi connectivity index (χ3n) is 2.72. The highest BCUT2D eigenvalue weighted by Crippen LogP contribution is 2.14. The highest BCUT2D eigenvalue weighted by Gasteiger charge is 1.99. The number of aliphatic hydroxyl groups is 1. The summed E-state index contributed by atoms with van der Waals surface area (Å²) in [6.45, 7) is 3.49. The van der Waals surface area contributed by atoms with E-state index in [2.05, 4.69) is 16.9 Å². The number of rotatable bonds is 5. The Hall–Kier alpha value is -2.25. The van der Waals surface area contributed by atoms with Crippen molar-refractivity contribution in [3.63, 3.8) is 0 Å². The van der Waals surface area contributed by atoms with Gasteiger partial charge in [0.1, 0.15) is 12.4 Å². The van der Waals surface area contributed by atoms with Crippen molar-refractivity contribution in [2.24, 2.45) is 0 Å². The standard InChI is InChI=1S/C16H18N2O2/c1-2-18-12-15(11-17-18)13-20-16-8-5-7-14(10-16)6-3-4-9-19/h5,7-8,10-12,19H,2,4,9,13H2,1H3. The molecule has 1 aromatic heterocycles. The summed E-state index contributed by atoms with van der Waals surface area (Å²) in [7, 11) is 0. The lowest BCUT2D eigenvalue weighted by atomic mass is 10.2. The molecule has 1 heterocycles. The molecule has 104 valence electrons.